The monoisotopic (exact) mass is 297 g/mol. The summed E-state index contributed by atoms with van der Waals surface area (Å²) in [5, 5.41) is 3.41. The van der Waals surface area contributed by atoms with Crippen LogP contribution in [-0.2, 0) is 6.54 Å². The van der Waals surface area contributed by atoms with Gasteiger partial charge in [0.2, 0.25) is 0 Å². The molecule has 0 aromatic heterocycles. The molecule has 92 valence electrons. The van der Waals surface area contributed by atoms with E-state index in [1.807, 2.05) is 0 Å². The van der Waals surface area contributed by atoms with Crippen LogP contribution >= 0.6 is 15.9 Å². The fourth-order valence-electron chi connectivity index (χ4n) is 2.13. The van der Waals surface area contributed by atoms with E-state index in [2.05, 4.69) is 33.4 Å². The summed E-state index contributed by atoms with van der Waals surface area (Å²) in [4.78, 5) is 0. The third kappa shape index (κ3) is 3.93. The van der Waals surface area contributed by atoms with Gasteiger partial charge in [0.25, 0.3) is 0 Å². The van der Waals surface area contributed by atoms with E-state index in [1.54, 1.807) is 12.1 Å². The largest absolute Gasteiger partial charge is 0.312 e. The van der Waals surface area contributed by atoms with Crippen molar-refractivity contribution in [2.75, 3.05) is 6.54 Å². The number of hydrogen-bond acceptors (Lipinski definition) is 1. The predicted octanol–water partition coefficient (Wildman–Crippen LogP) is 4.03. The summed E-state index contributed by atoms with van der Waals surface area (Å²) in [5.41, 5.74) is 0.983. The average Bonchev–Trinajstić information content (AvgIpc) is 2.35. The molecule has 0 bridgehead atoms. The normalized spacial score (nSPS) is 19.5. The highest BCUT2D eigenvalue weighted by atomic mass is 79.9. The molecule has 1 aromatic carbocycles. The topological polar surface area (TPSA) is 12.0 Å². The van der Waals surface area contributed by atoms with E-state index in [0.717, 1.165) is 35.5 Å². The smallest absolute Gasteiger partial charge is 0.123 e. The van der Waals surface area contributed by atoms with Crippen molar-refractivity contribution in [2.24, 2.45) is 5.92 Å². The minimum atomic E-state index is -0.175. The maximum absolute atomic E-state index is 13.1. The third-order valence-corrected chi connectivity index (χ3v) is 3.91. The van der Waals surface area contributed by atoms with Crippen LogP contribution in [0.15, 0.2) is 34.8 Å². The molecule has 0 saturated carbocycles. The predicted molar refractivity (Wildman–Crippen MR) is 72.3 cm³/mol. The second kappa shape index (κ2) is 6.31. The molecule has 1 unspecified atom stereocenters. The van der Waals surface area contributed by atoms with E-state index >= 15 is 0 Å². The maximum Gasteiger partial charge on any atom is 0.123 e. The molecule has 3 heteroatoms. The van der Waals surface area contributed by atoms with Crippen LogP contribution in [-0.4, -0.2) is 6.54 Å². The number of rotatable bonds is 4. The Morgan fingerprint density at radius 3 is 3.00 bits per heavy atom. The van der Waals surface area contributed by atoms with E-state index < -0.39 is 0 Å². The van der Waals surface area contributed by atoms with Crippen molar-refractivity contribution >= 4 is 15.9 Å². The first kappa shape index (κ1) is 12.8. The first-order chi connectivity index (χ1) is 8.25. The lowest BCUT2D eigenvalue weighted by molar-refractivity contribution is 0.440. The Balaban J connectivity index is 1.81. The average molecular weight is 298 g/mol. The quantitative estimate of drug-likeness (QED) is 0.827. The summed E-state index contributed by atoms with van der Waals surface area (Å²) in [6.07, 6.45) is 8.12. The van der Waals surface area contributed by atoms with Gasteiger partial charge in [-0.1, -0.05) is 28.1 Å². The molecule has 0 amide bonds. The van der Waals surface area contributed by atoms with Gasteiger partial charge in [0.1, 0.15) is 5.82 Å². The van der Waals surface area contributed by atoms with Crippen molar-refractivity contribution in [3.63, 3.8) is 0 Å². The Morgan fingerprint density at radius 2 is 2.24 bits per heavy atom. The van der Waals surface area contributed by atoms with Crippen LogP contribution in [0.4, 0.5) is 4.39 Å². The molecule has 1 N–H and O–H groups in total. The van der Waals surface area contributed by atoms with Crippen LogP contribution in [0.5, 0.6) is 0 Å². The molecule has 2 rings (SSSR count). The van der Waals surface area contributed by atoms with Gasteiger partial charge in [-0.05, 0) is 55.5 Å². The highest BCUT2D eigenvalue weighted by molar-refractivity contribution is 9.10. The van der Waals surface area contributed by atoms with E-state index in [-0.39, 0.29) is 5.82 Å². The number of allylic oxidation sites excluding steroid dienone is 2. The van der Waals surface area contributed by atoms with Crippen LogP contribution in [0.2, 0.25) is 0 Å². The molecular formula is C14H17BrFN. The van der Waals surface area contributed by atoms with Gasteiger partial charge in [-0.3, -0.25) is 0 Å². The number of nitrogens with one attached hydrogen (secondary N) is 1. The Hall–Kier alpha value is -0.670. The molecule has 0 spiro atoms. The number of benzene rings is 1. The van der Waals surface area contributed by atoms with Crippen LogP contribution in [0.25, 0.3) is 0 Å². The molecule has 1 atom stereocenters. The fraction of sp³-hybridized carbons (Fsp3) is 0.429. The molecule has 17 heavy (non-hydrogen) atoms. The fourth-order valence-corrected chi connectivity index (χ4v) is 2.52. The lowest BCUT2D eigenvalue weighted by Crippen LogP contribution is -2.23. The minimum Gasteiger partial charge on any atom is -0.312 e. The Bertz CT molecular complexity index is 403. The molecule has 1 aliphatic rings. The van der Waals surface area contributed by atoms with Gasteiger partial charge in [-0.25, -0.2) is 4.39 Å². The summed E-state index contributed by atoms with van der Waals surface area (Å²) in [7, 11) is 0. The molecule has 0 aliphatic heterocycles. The number of halogens is 2. The first-order valence-electron chi connectivity index (χ1n) is 6.05. The minimum absolute atomic E-state index is 0.175. The van der Waals surface area contributed by atoms with E-state index in [0.29, 0.717) is 0 Å². The molecule has 0 heterocycles. The SMILES string of the molecule is Fc1ccc(Br)c(CNCC2CC=CCC2)c1. The van der Waals surface area contributed by atoms with Gasteiger partial charge in [0, 0.05) is 11.0 Å². The summed E-state index contributed by atoms with van der Waals surface area (Å²) < 4.78 is 14.0. The van der Waals surface area contributed by atoms with Gasteiger partial charge in [0.15, 0.2) is 0 Å². The molecule has 0 fully saturated rings. The zero-order chi connectivity index (χ0) is 12.1. The van der Waals surface area contributed by atoms with Gasteiger partial charge < -0.3 is 5.32 Å². The second-order valence-corrected chi connectivity index (χ2v) is 5.37. The van der Waals surface area contributed by atoms with Gasteiger partial charge in [-0.15, -0.1) is 0 Å². The zero-order valence-electron chi connectivity index (χ0n) is 9.76. The summed E-state index contributed by atoms with van der Waals surface area (Å²) in [5.74, 6) is 0.554. The first-order valence-corrected chi connectivity index (χ1v) is 6.84. The lowest BCUT2D eigenvalue weighted by atomic mass is 9.94. The standard InChI is InChI=1S/C14H17BrFN/c15-14-7-6-13(16)8-12(14)10-17-9-11-4-2-1-3-5-11/h1-2,6-8,11,17H,3-5,9-10H2. The Kier molecular flexibility index (Phi) is 4.75. The van der Waals surface area contributed by atoms with Crippen LogP contribution in [0.3, 0.4) is 0 Å². The van der Waals surface area contributed by atoms with Crippen molar-refractivity contribution in [1.29, 1.82) is 0 Å². The molecule has 1 aromatic rings. The Labute approximate surface area is 110 Å². The molecule has 0 saturated heterocycles. The summed E-state index contributed by atoms with van der Waals surface area (Å²) in [6, 6.07) is 4.81. The highest BCUT2D eigenvalue weighted by Crippen LogP contribution is 2.19. The molecule has 1 nitrogen and oxygen atoms in total. The molecular weight excluding hydrogens is 281 g/mol. The van der Waals surface area contributed by atoms with E-state index in [4.69, 9.17) is 0 Å². The van der Waals surface area contributed by atoms with E-state index in [9.17, 15) is 4.39 Å². The van der Waals surface area contributed by atoms with Crippen LogP contribution < -0.4 is 5.32 Å². The zero-order valence-corrected chi connectivity index (χ0v) is 11.3. The van der Waals surface area contributed by atoms with Crippen molar-refractivity contribution in [1.82, 2.24) is 5.32 Å². The van der Waals surface area contributed by atoms with Gasteiger partial charge in [-0.2, -0.15) is 0 Å². The summed E-state index contributed by atoms with van der Waals surface area (Å²) in [6.45, 7) is 1.73. The third-order valence-electron chi connectivity index (χ3n) is 3.13. The van der Waals surface area contributed by atoms with E-state index in [1.165, 1.54) is 18.9 Å². The van der Waals surface area contributed by atoms with Gasteiger partial charge >= 0.3 is 0 Å². The molecule has 0 radical (unpaired) electrons. The van der Waals surface area contributed by atoms with Gasteiger partial charge in [0.05, 0.1) is 0 Å². The van der Waals surface area contributed by atoms with Crippen LogP contribution in [0.1, 0.15) is 24.8 Å². The Morgan fingerprint density at radius 1 is 1.35 bits per heavy atom. The highest BCUT2D eigenvalue weighted by Gasteiger charge is 2.09. The lowest BCUT2D eigenvalue weighted by Gasteiger charge is -2.18. The molecule has 1 aliphatic carbocycles. The number of hydrogen-bond donors (Lipinski definition) is 1. The van der Waals surface area contributed by atoms with Crippen molar-refractivity contribution < 1.29 is 4.39 Å². The summed E-state index contributed by atoms with van der Waals surface area (Å²) >= 11 is 3.44. The van der Waals surface area contributed by atoms with Crippen molar-refractivity contribution in [3.8, 4) is 0 Å². The maximum atomic E-state index is 13.1. The second-order valence-electron chi connectivity index (χ2n) is 4.52. The van der Waals surface area contributed by atoms with Crippen molar-refractivity contribution in [3.05, 3.63) is 46.2 Å². The van der Waals surface area contributed by atoms with Crippen LogP contribution in [0, 0.1) is 11.7 Å². The van der Waals surface area contributed by atoms with Crippen molar-refractivity contribution in [2.45, 2.75) is 25.8 Å².